The van der Waals surface area contributed by atoms with E-state index in [0.29, 0.717) is 16.7 Å². The molecular formula is C20H28IN3O2S2. The predicted molar refractivity (Wildman–Crippen MR) is 130 cm³/mol. The molecule has 5 nitrogen and oxygen atoms in total. The number of aliphatic imine (C=N–C) groups is 1. The maximum absolute atomic E-state index is 11.5. The van der Waals surface area contributed by atoms with Crippen molar-refractivity contribution in [3.05, 3.63) is 60.2 Å². The van der Waals surface area contributed by atoms with Gasteiger partial charge in [-0.2, -0.15) is 0 Å². The van der Waals surface area contributed by atoms with E-state index in [4.69, 9.17) is 0 Å². The van der Waals surface area contributed by atoms with Crippen molar-refractivity contribution in [2.75, 3.05) is 19.3 Å². The molecule has 2 rings (SSSR count). The average Bonchev–Trinajstić information content (AvgIpc) is 2.64. The summed E-state index contributed by atoms with van der Waals surface area (Å²) in [5.74, 6) is 0.755. The first-order chi connectivity index (χ1) is 12.9. The Kier molecular flexibility index (Phi) is 10.9. The highest BCUT2D eigenvalue weighted by Crippen LogP contribution is 2.21. The molecule has 2 aromatic rings. The third-order valence-corrected chi connectivity index (χ3v) is 5.99. The Hall–Kier alpha value is -1.26. The molecule has 0 aliphatic carbocycles. The zero-order valence-corrected chi connectivity index (χ0v) is 20.3. The molecule has 0 spiro atoms. The number of sulfone groups is 1. The molecule has 0 bridgehead atoms. The molecule has 0 aliphatic rings. The van der Waals surface area contributed by atoms with Gasteiger partial charge in [0, 0.05) is 29.5 Å². The third kappa shape index (κ3) is 8.83. The van der Waals surface area contributed by atoms with Crippen LogP contribution in [0.15, 0.2) is 69.4 Å². The minimum Gasteiger partial charge on any atom is -0.357 e. The smallest absolute Gasteiger partial charge is 0.191 e. The number of nitrogens with zero attached hydrogens (tertiary/aromatic N) is 1. The van der Waals surface area contributed by atoms with Crippen LogP contribution >= 0.6 is 35.7 Å². The normalized spacial score (nSPS) is 12.8. The van der Waals surface area contributed by atoms with Gasteiger partial charge >= 0.3 is 0 Å². The van der Waals surface area contributed by atoms with E-state index in [-0.39, 0.29) is 24.0 Å². The average molecular weight is 534 g/mol. The van der Waals surface area contributed by atoms with Crippen LogP contribution in [0.1, 0.15) is 19.4 Å². The number of hydrogen-bond acceptors (Lipinski definition) is 4. The van der Waals surface area contributed by atoms with E-state index in [0.717, 1.165) is 24.6 Å². The monoisotopic (exact) mass is 533 g/mol. The maximum Gasteiger partial charge on any atom is 0.191 e. The van der Waals surface area contributed by atoms with Gasteiger partial charge < -0.3 is 10.6 Å². The van der Waals surface area contributed by atoms with Crippen LogP contribution in [-0.4, -0.2) is 39.0 Å². The summed E-state index contributed by atoms with van der Waals surface area (Å²) in [6, 6.07) is 17.2. The zero-order chi connectivity index (χ0) is 19.7. The number of thioether (sulfide) groups is 1. The second-order valence-corrected chi connectivity index (χ2v) is 9.76. The summed E-state index contributed by atoms with van der Waals surface area (Å²) in [7, 11) is -3.17. The van der Waals surface area contributed by atoms with Crippen LogP contribution in [0.5, 0.6) is 0 Å². The molecule has 0 aromatic heterocycles. The van der Waals surface area contributed by atoms with Gasteiger partial charge in [0.1, 0.15) is 0 Å². The van der Waals surface area contributed by atoms with Crippen molar-refractivity contribution in [2.24, 2.45) is 4.99 Å². The lowest BCUT2D eigenvalue weighted by molar-refractivity contribution is 0.602. The summed E-state index contributed by atoms with van der Waals surface area (Å²) in [5, 5.41) is 7.00. The van der Waals surface area contributed by atoms with Crippen LogP contribution < -0.4 is 10.6 Å². The summed E-state index contributed by atoms with van der Waals surface area (Å²) >= 11 is 1.82. The van der Waals surface area contributed by atoms with Crippen LogP contribution in [0.3, 0.4) is 0 Å². The Morgan fingerprint density at radius 1 is 1.07 bits per heavy atom. The second kappa shape index (κ2) is 12.3. The van der Waals surface area contributed by atoms with Gasteiger partial charge in [0.05, 0.1) is 11.4 Å². The highest BCUT2D eigenvalue weighted by molar-refractivity contribution is 14.0. The van der Waals surface area contributed by atoms with Gasteiger partial charge in [-0.1, -0.05) is 37.3 Å². The lowest BCUT2D eigenvalue weighted by atomic mass is 10.2. The highest BCUT2D eigenvalue weighted by atomic mass is 127. The van der Waals surface area contributed by atoms with Gasteiger partial charge in [-0.15, -0.1) is 35.7 Å². The molecule has 2 N–H and O–H groups in total. The molecule has 0 amide bonds. The van der Waals surface area contributed by atoms with Crippen molar-refractivity contribution in [2.45, 2.75) is 35.4 Å². The minimum atomic E-state index is -3.17. The van der Waals surface area contributed by atoms with Gasteiger partial charge in [-0.3, -0.25) is 0 Å². The predicted octanol–water partition coefficient (Wildman–Crippen LogP) is 3.94. The van der Waals surface area contributed by atoms with E-state index >= 15 is 0 Å². The summed E-state index contributed by atoms with van der Waals surface area (Å²) < 4.78 is 23.1. The van der Waals surface area contributed by atoms with E-state index in [1.807, 2.05) is 36.9 Å². The number of benzene rings is 2. The Bertz CT molecular complexity index is 842. The molecule has 0 saturated carbocycles. The molecule has 2 aromatic carbocycles. The van der Waals surface area contributed by atoms with Crippen molar-refractivity contribution in [3.63, 3.8) is 0 Å². The standard InChI is InChI=1S/C20H27N3O2S2.HI/c1-4-21-20(22-14-16(2)26-18-8-6-5-7-9-18)23-15-17-10-12-19(13-11-17)27(3,24)25;/h5-13,16H,4,14-15H2,1-3H3,(H2,21,22,23);1H. The molecule has 154 valence electrons. The molecule has 28 heavy (non-hydrogen) atoms. The number of hydrogen-bond donors (Lipinski definition) is 2. The quantitative estimate of drug-likeness (QED) is 0.233. The fourth-order valence-electron chi connectivity index (χ4n) is 2.37. The van der Waals surface area contributed by atoms with Gasteiger partial charge in [0.15, 0.2) is 15.8 Å². The van der Waals surface area contributed by atoms with Crippen LogP contribution in [-0.2, 0) is 16.4 Å². The van der Waals surface area contributed by atoms with E-state index < -0.39 is 9.84 Å². The summed E-state index contributed by atoms with van der Waals surface area (Å²) in [6.45, 7) is 6.26. The number of halogens is 1. The Morgan fingerprint density at radius 2 is 1.71 bits per heavy atom. The molecule has 0 saturated heterocycles. The maximum atomic E-state index is 11.5. The molecule has 0 aliphatic heterocycles. The fourth-order valence-corrected chi connectivity index (χ4v) is 3.94. The summed E-state index contributed by atoms with van der Waals surface area (Å²) in [6.07, 6.45) is 1.21. The Balaban J connectivity index is 0.00000392. The second-order valence-electron chi connectivity index (χ2n) is 6.23. The topological polar surface area (TPSA) is 70.6 Å². The van der Waals surface area contributed by atoms with Crippen molar-refractivity contribution in [1.82, 2.24) is 10.6 Å². The van der Waals surface area contributed by atoms with Gasteiger partial charge in [-0.05, 0) is 36.8 Å². The first-order valence-corrected chi connectivity index (χ1v) is 11.7. The first kappa shape index (κ1) is 24.8. The molecule has 0 fully saturated rings. The lowest BCUT2D eigenvalue weighted by Gasteiger charge is -2.15. The Labute approximate surface area is 189 Å². The fraction of sp³-hybridized carbons (Fsp3) is 0.350. The van der Waals surface area contributed by atoms with E-state index in [9.17, 15) is 8.42 Å². The van der Waals surface area contributed by atoms with Crippen molar-refractivity contribution >= 4 is 51.5 Å². The number of guanidine groups is 1. The zero-order valence-electron chi connectivity index (χ0n) is 16.4. The van der Waals surface area contributed by atoms with Gasteiger partial charge in [0.25, 0.3) is 0 Å². The molecule has 1 atom stereocenters. The SMILES string of the molecule is CCNC(=NCc1ccc(S(C)(=O)=O)cc1)NCC(C)Sc1ccccc1.I. The molecule has 8 heteroatoms. The third-order valence-electron chi connectivity index (χ3n) is 3.75. The van der Waals surface area contributed by atoms with Crippen molar-refractivity contribution < 1.29 is 8.42 Å². The van der Waals surface area contributed by atoms with Gasteiger partial charge in [-0.25, -0.2) is 13.4 Å². The van der Waals surface area contributed by atoms with Crippen molar-refractivity contribution in [1.29, 1.82) is 0 Å². The number of nitrogens with one attached hydrogen (secondary N) is 2. The van der Waals surface area contributed by atoms with E-state index in [2.05, 4.69) is 34.7 Å². The molecule has 0 radical (unpaired) electrons. The van der Waals surface area contributed by atoms with Crippen LogP contribution in [0.25, 0.3) is 0 Å². The van der Waals surface area contributed by atoms with E-state index in [1.54, 1.807) is 24.3 Å². The molecular weight excluding hydrogens is 505 g/mol. The largest absolute Gasteiger partial charge is 0.357 e. The minimum absolute atomic E-state index is 0. The first-order valence-electron chi connectivity index (χ1n) is 8.91. The van der Waals surface area contributed by atoms with Gasteiger partial charge in [0.2, 0.25) is 0 Å². The Morgan fingerprint density at radius 3 is 2.29 bits per heavy atom. The molecule has 1 unspecified atom stereocenters. The summed E-state index contributed by atoms with van der Waals surface area (Å²) in [4.78, 5) is 6.17. The van der Waals surface area contributed by atoms with E-state index in [1.165, 1.54) is 11.2 Å². The summed E-state index contributed by atoms with van der Waals surface area (Å²) in [5.41, 5.74) is 0.964. The van der Waals surface area contributed by atoms with Crippen LogP contribution in [0, 0.1) is 0 Å². The highest BCUT2D eigenvalue weighted by Gasteiger charge is 2.07. The number of rotatable bonds is 8. The lowest BCUT2D eigenvalue weighted by Crippen LogP contribution is -2.40. The molecule has 0 heterocycles. The van der Waals surface area contributed by atoms with Crippen LogP contribution in [0.2, 0.25) is 0 Å². The van der Waals surface area contributed by atoms with Crippen molar-refractivity contribution in [3.8, 4) is 0 Å². The van der Waals surface area contributed by atoms with Crippen LogP contribution in [0.4, 0.5) is 0 Å².